The second-order valence-electron chi connectivity index (χ2n) is 3.56. The van der Waals surface area contributed by atoms with Crippen molar-refractivity contribution in [3.8, 4) is 0 Å². The van der Waals surface area contributed by atoms with Gasteiger partial charge in [0.2, 0.25) is 0 Å². The normalized spacial score (nSPS) is 10.6. The van der Waals surface area contributed by atoms with Crippen molar-refractivity contribution in [1.82, 2.24) is 4.98 Å². The average molecular weight is 320 g/mol. The lowest BCUT2D eigenvalue weighted by Crippen LogP contribution is -1.88. The molecule has 0 aliphatic heterocycles. The Morgan fingerprint density at radius 1 is 1.11 bits per heavy atom. The van der Waals surface area contributed by atoms with E-state index >= 15 is 0 Å². The molecule has 2 aromatic rings. The van der Waals surface area contributed by atoms with Gasteiger partial charge < -0.3 is 5.73 Å². The summed E-state index contributed by atoms with van der Waals surface area (Å²) in [6.45, 7) is 0. The van der Waals surface area contributed by atoms with Gasteiger partial charge in [0.25, 0.3) is 0 Å². The topological polar surface area (TPSA) is 38.9 Å². The highest BCUT2D eigenvalue weighted by Crippen LogP contribution is 2.32. The number of nitrogen functional groups attached to an aromatic ring is 1. The Kier molecular flexibility index (Phi) is 4.62. The van der Waals surface area contributed by atoms with Crippen molar-refractivity contribution in [2.24, 2.45) is 0 Å². The first-order valence-corrected chi connectivity index (χ1v) is 7.17. The van der Waals surface area contributed by atoms with Crippen LogP contribution in [-0.4, -0.2) is 4.98 Å². The quantitative estimate of drug-likeness (QED) is 0.496. The van der Waals surface area contributed by atoms with E-state index in [4.69, 9.17) is 40.5 Å². The predicted molar refractivity (Wildman–Crippen MR) is 79.7 cm³/mol. The third kappa shape index (κ3) is 3.45. The molecule has 1 aromatic carbocycles. The molecule has 0 atom stereocenters. The zero-order chi connectivity index (χ0) is 13.1. The van der Waals surface area contributed by atoms with Crippen molar-refractivity contribution >= 4 is 52.3 Å². The Hall–Kier alpha value is -0.610. The van der Waals surface area contributed by atoms with Gasteiger partial charge in [-0.2, -0.15) is 0 Å². The van der Waals surface area contributed by atoms with Gasteiger partial charge in [-0.05, 0) is 29.8 Å². The fraction of sp³-hybridized carbons (Fsp3) is 0.0833. The van der Waals surface area contributed by atoms with E-state index in [0.717, 1.165) is 10.5 Å². The molecule has 2 nitrogen and oxygen atoms in total. The lowest BCUT2D eigenvalue weighted by molar-refractivity contribution is 1.25. The van der Waals surface area contributed by atoms with Crippen molar-refractivity contribution in [3.63, 3.8) is 0 Å². The summed E-state index contributed by atoms with van der Waals surface area (Å²) in [5, 5.41) is 1.47. The second kappa shape index (κ2) is 6.02. The Bertz CT molecular complexity index is 575. The summed E-state index contributed by atoms with van der Waals surface area (Å²) in [4.78, 5) is 4.90. The minimum atomic E-state index is 0.385. The smallest absolute Gasteiger partial charge is 0.134 e. The maximum atomic E-state index is 6.08. The van der Waals surface area contributed by atoms with E-state index in [-0.39, 0.29) is 0 Å². The van der Waals surface area contributed by atoms with Crippen molar-refractivity contribution < 1.29 is 0 Å². The fourth-order valence-corrected chi connectivity index (χ4v) is 3.08. The zero-order valence-corrected chi connectivity index (χ0v) is 12.2. The zero-order valence-electron chi connectivity index (χ0n) is 9.16. The van der Waals surface area contributed by atoms with Crippen molar-refractivity contribution in [2.75, 3.05) is 5.73 Å². The second-order valence-corrected chi connectivity index (χ2v) is 5.73. The van der Waals surface area contributed by atoms with Crippen LogP contribution in [0.15, 0.2) is 35.2 Å². The minimum absolute atomic E-state index is 0.385. The summed E-state index contributed by atoms with van der Waals surface area (Å²) in [6.07, 6.45) is 0. The van der Waals surface area contributed by atoms with E-state index in [9.17, 15) is 0 Å². The largest absolute Gasteiger partial charge is 0.399 e. The third-order valence-corrected chi connectivity index (χ3v) is 4.31. The van der Waals surface area contributed by atoms with Crippen LogP contribution in [0.4, 0.5) is 5.69 Å². The SMILES string of the molecule is Nc1ccc(Cl)c(SCc2ccc(Cl)nc2Cl)c1. The Balaban J connectivity index is 2.13. The average Bonchev–Trinajstić information content (AvgIpc) is 2.32. The number of aromatic nitrogens is 1. The van der Waals surface area contributed by atoms with E-state index in [1.165, 1.54) is 0 Å². The molecule has 0 fully saturated rings. The van der Waals surface area contributed by atoms with Gasteiger partial charge >= 0.3 is 0 Å². The highest BCUT2D eigenvalue weighted by Gasteiger charge is 2.06. The number of nitrogens with zero attached hydrogens (tertiary/aromatic N) is 1. The first-order valence-electron chi connectivity index (χ1n) is 5.05. The Morgan fingerprint density at radius 3 is 2.61 bits per heavy atom. The Labute approximate surface area is 124 Å². The van der Waals surface area contributed by atoms with Gasteiger partial charge in [-0.3, -0.25) is 0 Å². The molecule has 18 heavy (non-hydrogen) atoms. The number of thioether (sulfide) groups is 1. The molecule has 0 aliphatic carbocycles. The van der Waals surface area contributed by atoms with Crippen molar-refractivity contribution in [1.29, 1.82) is 0 Å². The standard InChI is InChI=1S/C12H9Cl3N2S/c13-9-3-2-8(16)5-10(9)18-6-7-1-4-11(14)17-12(7)15/h1-5H,6,16H2. The minimum Gasteiger partial charge on any atom is -0.399 e. The number of anilines is 1. The van der Waals surface area contributed by atoms with Gasteiger partial charge in [-0.15, -0.1) is 11.8 Å². The van der Waals surface area contributed by atoms with E-state index in [0.29, 0.717) is 26.8 Å². The predicted octanol–water partition coefficient (Wildman–Crippen LogP) is 4.92. The first-order chi connectivity index (χ1) is 8.56. The molecule has 0 radical (unpaired) electrons. The number of rotatable bonds is 3. The molecule has 94 valence electrons. The van der Waals surface area contributed by atoms with Crippen LogP contribution in [0.25, 0.3) is 0 Å². The maximum absolute atomic E-state index is 6.08. The molecule has 0 bridgehead atoms. The number of halogens is 3. The molecular weight excluding hydrogens is 311 g/mol. The highest BCUT2D eigenvalue weighted by atomic mass is 35.5. The molecule has 1 heterocycles. The summed E-state index contributed by atoms with van der Waals surface area (Å²) < 4.78 is 0. The molecule has 1 aromatic heterocycles. The third-order valence-electron chi connectivity index (χ3n) is 2.23. The number of benzene rings is 1. The Morgan fingerprint density at radius 2 is 1.89 bits per heavy atom. The monoisotopic (exact) mass is 318 g/mol. The molecule has 0 aliphatic rings. The molecule has 2 rings (SSSR count). The molecule has 2 N–H and O–H groups in total. The number of hydrogen-bond acceptors (Lipinski definition) is 3. The fourth-order valence-electron chi connectivity index (χ4n) is 1.33. The molecule has 0 spiro atoms. The van der Waals surface area contributed by atoms with Crippen LogP contribution in [0.3, 0.4) is 0 Å². The lowest BCUT2D eigenvalue weighted by atomic mass is 10.3. The number of hydrogen-bond donors (Lipinski definition) is 1. The van der Waals surface area contributed by atoms with Gasteiger partial charge in [0.15, 0.2) is 0 Å². The summed E-state index contributed by atoms with van der Waals surface area (Å²) >= 11 is 19.4. The van der Waals surface area contributed by atoms with Crippen molar-refractivity contribution in [3.05, 3.63) is 51.2 Å². The summed E-state index contributed by atoms with van der Waals surface area (Å²) in [5.74, 6) is 0.659. The van der Waals surface area contributed by atoms with E-state index in [1.54, 1.807) is 30.0 Å². The van der Waals surface area contributed by atoms with Crippen LogP contribution in [0.5, 0.6) is 0 Å². The molecule has 0 saturated carbocycles. The molecule has 0 amide bonds. The first kappa shape index (κ1) is 13.8. The van der Waals surface area contributed by atoms with Crippen LogP contribution in [0, 0.1) is 0 Å². The van der Waals surface area contributed by atoms with E-state index in [2.05, 4.69) is 4.98 Å². The van der Waals surface area contributed by atoms with E-state index in [1.807, 2.05) is 12.1 Å². The lowest BCUT2D eigenvalue weighted by Gasteiger charge is -2.06. The summed E-state index contributed by atoms with van der Waals surface area (Å²) in [5.41, 5.74) is 7.31. The van der Waals surface area contributed by atoms with E-state index < -0.39 is 0 Å². The van der Waals surface area contributed by atoms with Crippen LogP contribution >= 0.6 is 46.6 Å². The van der Waals surface area contributed by atoms with Gasteiger partial charge in [0.1, 0.15) is 10.3 Å². The van der Waals surface area contributed by atoms with Crippen molar-refractivity contribution in [2.45, 2.75) is 10.6 Å². The number of pyridine rings is 1. The summed E-state index contributed by atoms with van der Waals surface area (Å²) in [7, 11) is 0. The number of nitrogens with two attached hydrogens (primary N) is 1. The van der Waals surface area contributed by atoms with Gasteiger partial charge in [0, 0.05) is 16.3 Å². The van der Waals surface area contributed by atoms with Crippen LogP contribution < -0.4 is 5.73 Å². The van der Waals surface area contributed by atoms with Crippen LogP contribution in [0.2, 0.25) is 15.3 Å². The van der Waals surface area contributed by atoms with Gasteiger partial charge in [-0.25, -0.2) is 4.98 Å². The van der Waals surface area contributed by atoms with Gasteiger partial charge in [0.05, 0.1) is 5.02 Å². The van der Waals surface area contributed by atoms with Crippen LogP contribution in [-0.2, 0) is 5.75 Å². The molecular formula is C12H9Cl3N2S. The molecule has 6 heteroatoms. The molecule has 0 unspecified atom stereocenters. The maximum Gasteiger partial charge on any atom is 0.134 e. The molecule has 0 saturated heterocycles. The highest BCUT2D eigenvalue weighted by molar-refractivity contribution is 7.98. The summed E-state index contributed by atoms with van der Waals surface area (Å²) in [6, 6.07) is 8.95. The van der Waals surface area contributed by atoms with Crippen LogP contribution in [0.1, 0.15) is 5.56 Å². The van der Waals surface area contributed by atoms with Gasteiger partial charge in [-0.1, -0.05) is 40.9 Å².